The van der Waals surface area contributed by atoms with Crippen molar-refractivity contribution in [3.8, 4) is 11.8 Å². The van der Waals surface area contributed by atoms with Crippen LogP contribution in [0.4, 0.5) is 4.39 Å². The predicted octanol–water partition coefficient (Wildman–Crippen LogP) is 3.24. The van der Waals surface area contributed by atoms with Gasteiger partial charge in [0.15, 0.2) is 0 Å². The first kappa shape index (κ1) is 17.2. The van der Waals surface area contributed by atoms with Crippen LogP contribution in [0.3, 0.4) is 0 Å². The Bertz CT molecular complexity index is 709. The summed E-state index contributed by atoms with van der Waals surface area (Å²) in [6.45, 7) is 3.47. The maximum absolute atomic E-state index is 13.7. The van der Waals surface area contributed by atoms with Crippen LogP contribution in [0, 0.1) is 28.6 Å². The molecule has 0 aromatic carbocycles. The number of hydrogen-bond donors (Lipinski definition) is 1. The van der Waals surface area contributed by atoms with E-state index in [-0.39, 0.29) is 6.42 Å². The summed E-state index contributed by atoms with van der Waals surface area (Å²) in [6.07, 6.45) is 1.13. The van der Waals surface area contributed by atoms with Crippen molar-refractivity contribution < 1.29 is 23.8 Å². The Morgan fingerprint density at radius 2 is 2.22 bits per heavy atom. The van der Waals surface area contributed by atoms with Crippen LogP contribution in [0.1, 0.15) is 25.8 Å². The minimum Gasteiger partial charge on any atom is -0.481 e. The van der Waals surface area contributed by atoms with Crippen molar-refractivity contribution in [3.63, 3.8) is 0 Å². The Kier molecular flexibility index (Phi) is 4.62. The quantitative estimate of drug-likeness (QED) is 0.521. The molecule has 0 bridgehead atoms. The lowest BCUT2D eigenvalue weighted by Crippen LogP contribution is -2.21. The molecule has 2 rings (SSSR count). The van der Waals surface area contributed by atoms with E-state index in [9.17, 15) is 19.1 Å². The summed E-state index contributed by atoms with van der Waals surface area (Å²) in [4.78, 5) is 23.0. The van der Waals surface area contributed by atoms with Crippen LogP contribution in [-0.2, 0) is 14.3 Å². The number of methoxy groups -OCH3 is 1. The van der Waals surface area contributed by atoms with Gasteiger partial charge >= 0.3 is 11.9 Å². The van der Waals surface area contributed by atoms with E-state index in [0.717, 1.165) is 18.7 Å². The van der Waals surface area contributed by atoms with Crippen molar-refractivity contribution in [2.45, 2.75) is 20.3 Å². The van der Waals surface area contributed by atoms with Gasteiger partial charge < -0.3 is 9.84 Å². The van der Waals surface area contributed by atoms with E-state index in [1.54, 1.807) is 13.8 Å². The first-order chi connectivity index (χ1) is 10.8. The Morgan fingerprint density at radius 3 is 2.74 bits per heavy atom. The number of carboxylic acids is 1. The zero-order chi connectivity index (χ0) is 17.3. The highest BCUT2D eigenvalue weighted by atomic mass is 32.1. The summed E-state index contributed by atoms with van der Waals surface area (Å²) < 4.78 is 18.1. The SMILES string of the molecule is COC(=O)/C(F)=C/[C@H]1C(C)(C)[C@]1(CC#Cc1ccsc1)C(=O)O. The van der Waals surface area contributed by atoms with Gasteiger partial charge in [0.2, 0.25) is 5.83 Å². The number of hydrogen-bond acceptors (Lipinski definition) is 4. The van der Waals surface area contributed by atoms with Crippen LogP contribution in [0.15, 0.2) is 28.7 Å². The zero-order valence-corrected chi connectivity index (χ0v) is 13.9. The van der Waals surface area contributed by atoms with E-state index in [0.29, 0.717) is 0 Å². The number of rotatable bonds is 4. The fraction of sp³-hybridized carbons (Fsp3) is 0.412. The van der Waals surface area contributed by atoms with Crippen molar-refractivity contribution in [1.29, 1.82) is 0 Å². The molecule has 1 aromatic heterocycles. The molecule has 4 nitrogen and oxygen atoms in total. The van der Waals surface area contributed by atoms with Crippen molar-refractivity contribution in [2.75, 3.05) is 7.11 Å². The van der Waals surface area contributed by atoms with Crippen molar-refractivity contribution in [3.05, 3.63) is 34.3 Å². The average molecular weight is 336 g/mol. The van der Waals surface area contributed by atoms with Crippen molar-refractivity contribution >= 4 is 23.3 Å². The minimum atomic E-state index is -1.21. The highest BCUT2D eigenvalue weighted by Gasteiger charge is 2.74. The molecule has 0 aliphatic heterocycles. The van der Waals surface area contributed by atoms with Gasteiger partial charge in [0, 0.05) is 23.3 Å². The minimum absolute atomic E-state index is 0.0841. The van der Waals surface area contributed by atoms with Gasteiger partial charge in [-0.3, -0.25) is 4.79 Å². The Morgan fingerprint density at radius 1 is 1.52 bits per heavy atom. The molecule has 1 aliphatic rings. The molecule has 1 aliphatic carbocycles. The molecule has 122 valence electrons. The topological polar surface area (TPSA) is 63.6 Å². The Balaban J connectivity index is 2.27. The van der Waals surface area contributed by atoms with E-state index in [2.05, 4.69) is 16.6 Å². The van der Waals surface area contributed by atoms with Gasteiger partial charge in [0.1, 0.15) is 0 Å². The van der Waals surface area contributed by atoms with Gasteiger partial charge in [0.05, 0.1) is 12.5 Å². The van der Waals surface area contributed by atoms with Crippen LogP contribution in [0.25, 0.3) is 0 Å². The molecular formula is C17H17FO4S. The van der Waals surface area contributed by atoms with E-state index in [1.165, 1.54) is 11.3 Å². The fourth-order valence-electron chi connectivity index (χ4n) is 3.00. The van der Waals surface area contributed by atoms with E-state index in [4.69, 9.17) is 0 Å². The maximum Gasteiger partial charge on any atom is 0.366 e. The second kappa shape index (κ2) is 6.17. The molecule has 23 heavy (non-hydrogen) atoms. The third-order valence-corrected chi connectivity index (χ3v) is 5.25. The summed E-state index contributed by atoms with van der Waals surface area (Å²) >= 11 is 1.50. The number of carbonyl (C=O) groups is 2. The number of allylic oxidation sites excluding steroid dienone is 1. The molecule has 1 heterocycles. The molecule has 0 saturated heterocycles. The molecule has 1 N–H and O–H groups in total. The molecule has 0 amide bonds. The Labute approximate surface area is 138 Å². The lowest BCUT2D eigenvalue weighted by Gasteiger charge is -2.11. The van der Waals surface area contributed by atoms with Crippen molar-refractivity contribution in [2.24, 2.45) is 16.7 Å². The third-order valence-electron chi connectivity index (χ3n) is 4.57. The molecule has 0 unspecified atom stereocenters. The second-order valence-electron chi connectivity index (χ2n) is 5.97. The van der Waals surface area contributed by atoms with Crippen LogP contribution in [-0.4, -0.2) is 24.2 Å². The zero-order valence-electron chi connectivity index (χ0n) is 13.1. The monoisotopic (exact) mass is 336 g/mol. The van der Waals surface area contributed by atoms with Gasteiger partial charge in [0.25, 0.3) is 0 Å². The third kappa shape index (κ3) is 2.89. The first-order valence-corrected chi connectivity index (χ1v) is 7.91. The largest absolute Gasteiger partial charge is 0.481 e. The lowest BCUT2D eigenvalue weighted by molar-refractivity contribution is -0.145. The molecule has 0 spiro atoms. The second-order valence-corrected chi connectivity index (χ2v) is 6.75. The summed E-state index contributed by atoms with van der Waals surface area (Å²) in [6, 6.07) is 1.84. The van der Waals surface area contributed by atoms with Gasteiger partial charge in [-0.15, -0.1) is 0 Å². The van der Waals surface area contributed by atoms with Crippen LogP contribution in [0.2, 0.25) is 0 Å². The number of thiophene rings is 1. The van der Waals surface area contributed by atoms with Crippen LogP contribution < -0.4 is 0 Å². The molecule has 1 fully saturated rings. The normalized spacial score (nSPS) is 25.2. The molecule has 1 aromatic rings. The summed E-state index contributed by atoms with van der Waals surface area (Å²) in [7, 11) is 1.07. The van der Waals surface area contributed by atoms with E-state index >= 15 is 0 Å². The standard InChI is InChI=1S/C17H17FO4S/c1-16(2)13(9-12(18)14(19)22-3)17(16,15(20)21)7-4-5-11-6-8-23-10-11/h6,8-10,13H,7H2,1-3H3,(H,20,21)/b12-9-/t13-,17-/m0/s1. The highest BCUT2D eigenvalue weighted by molar-refractivity contribution is 7.08. The van der Waals surface area contributed by atoms with Gasteiger partial charge in [-0.25, -0.2) is 4.79 Å². The maximum atomic E-state index is 13.7. The summed E-state index contributed by atoms with van der Waals surface area (Å²) in [5.41, 5.74) is -1.09. The number of aliphatic carboxylic acids is 1. The van der Waals surface area contributed by atoms with E-state index in [1.807, 2.05) is 16.8 Å². The Hall–Kier alpha value is -2.13. The highest BCUT2D eigenvalue weighted by Crippen LogP contribution is 2.71. The summed E-state index contributed by atoms with van der Waals surface area (Å²) in [5.74, 6) is 1.96. The molecule has 0 radical (unpaired) electrons. The van der Waals surface area contributed by atoms with Crippen LogP contribution >= 0.6 is 11.3 Å². The van der Waals surface area contributed by atoms with Gasteiger partial charge in [-0.1, -0.05) is 25.7 Å². The number of carbonyl (C=O) groups excluding carboxylic acids is 1. The van der Waals surface area contributed by atoms with Crippen molar-refractivity contribution in [1.82, 2.24) is 0 Å². The predicted molar refractivity (Wildman–Crippen MR) is 84.4 cm³/mol. The van der Waals surface area contributed by atoms with Gasteiger partial charge in [-0.2, -0.15) is 15.7 Å². The molecule has 1 saturated carbocycles. The van der Waals surface area contributed by atoms with Crippen LogP contribution in [0.5, 0.6) is 0 Å². The molecule has 2 atom stereocenters. The average Bonchev–Trinajstić information content (AvgIpc) is 2.87. The fourth-order valence-corrected chi connectivity index (χ4v) is 3.59. The number of esters is 1. The first-order valence-electron chi connectivity index (χ1n) is 6.97. The number of halogens is 1. The smallest absolute Gasteiger partial charge is 0.366 e. The number of ether oxygens (including phenoxy) is 1. The summed E-state index contributed by atoms with van der Waals surface area (Å²) in [5, 5.41) is 13.4. The molecular weight excluding hydrogens is 319 g/mol. The number of carboxylic acid groups (broad SMARTS) is 1. The van der Waals surface area contributed by atoms with E-state index < -0.39 is 34.5 Å². The molecule has 6 heteroatoms. The lowest BCUT2D eigenvalue weighted by atomic mass is 9.92. The van der Waals surface area contributed by atoms with Gasteiger partial charge in [-0.05, 0) is 22.9 Å².